The van der Waals surface area contributed by atoms with Gasteiger partial charge in [0.2, 0.25) is 0 Å². The van der Waals surface area contributed by atoms with Crippen molar-refractivity contribution < 1.29 is 4.57 Å². The minimum atomic E-state index is -1.84. The van der Waals surface area contributed by atoms with Crippen LogP contribution in [0, 0.1) is 0 Å². The first-order chi connectivity index (χ1) is 4.54. The number of hydrogen-bond acceptors (Lipinski definition) is 1. The molecule has 0 saturated carbocycles. The third kappa shape index (κ3) is 3.22. The van der Waals surface area contributed by atoms with E-state index in [1.165, 1.54) is 0 Å². The van der Waals surface area contributed by atoms with Gasteiger partial charge in [-0.15, -0.1) is 0 Å². The van der Waals surface area contributed by atoms with Gasteiger partial charge in [0.25, 0.3) is 0 Å². The van der Waals surface area contributed by atoms with Gasteiger partial charge in [0.1, 0.15) is 0 Å². The smallest absolute Gasteiger partial charge is 0.0910 e. The van der Waals surface area contributed by atoms with Crippen LogP contribution in [0.4, 0.5) is 0 Å². The molecule has 0 atom stereocenters. The van der Waals surface area contributed by atoms with Gasteiger partial charge in [-0.3, -0.25) is 0 Å². The molecule has 0 aliphatic rings. The predicted molar refractivity (Wildman–Crippen MR) is 48.4 cm³/mol. The van der Waals surface area contributed by atoms with Crippen LogP contribution in [-0.4, -0.2) is 18.5 Å². The van der Waals surface area contributed by atoms with E-state index in [2.05, 4.69) is 6.58 Å². The second-order valence-corrected chi connectivity index (χ2v) is 6.50. The molecule has 0 heterocycles. The summed E-state index contributed by atoms with van der Waals surface area (Å²) < 4.78 is 11.7. The summed E-state index contributed by atoms with van der Waals surface area (Å²) in [6.07, 6.45) is 2.37. The summed E-state index contributed by atoms with van der Waals surface area (Å²) in [5.74, 6) is 0. The van der Waals surface area contributed by atoms with Gasteiger partial charge in [-0.1, -0.05) is 26.0 Å². The lowest BCUT2D eigenvalue weighted by Gasteiger charge is -2.12. The van der Waals surface area contributed by atoms with Crippen molar-refractivity contribution in [3.63, 3.8) is 0 Å². The lowest BCUT2D eigenvalue weighted by atomic mass is 10.4. The molecule has 0 spiro atoms. The molecule has 0 aliphatic heterocycles. The summed E-state index contributed by atoms with van der Waals surface area (Å²) in [7, 11) is -1.84. The molecule has 0 aromatic heterocycles. The Morgan fingerprint density at radius 2 is 1.80 bits per heavy atom. The molecule has 0 N–H and O–H groups in total. The van der Waals surface area contributed by atoms with Crippen molar-refractivity contribution in [2.75, 3.05) is 18.5 Å². The fraction of sp³-hybridized carbons (Fsp3) is 0.750. The summed E-state index contributed by atoms with van der Waals surface area (Å²) in [5, 5.41) is 0. The third-order valence-corrected chi connectivity index (χ3v) is 5.13. The van der Waals surface area contributed by atoms with E-state index in [0.717, 1.165) is 24.1 Å². The van der Waals surface area contributed by atoms with Gasteiger partial charge in [-0.25, -0.2) is 0 Å². The molecule has 0 aliphatic carbocycles. The first kappa shape index (κ1) is 9.97. The van der Waals surface area contributed by atoms with Crippen LogP contribution in [0.3, 0.4) is 0 Å². The molecule has 0 unspecified atom stereocenters. The van der Waals surface area contributed by atoms with Gasteiger partial charge < -0.3 is 4.57 Å². The summed E-state index contributed by atoms with van der Waals surface area (Å²) in [5.41, 5.74) is 1.05. The summed E-state index contributed by atoms with van der Waals surface area (Å²) >= 11 is 0. The third-order valence-electron chi connectivity index (χ3n) is 1.71. The highest BCUT2D eigenvalue weighted by Gasteiger charge is 2.15. The van der Waals surface area contributed by atoms with Crippen molar-refractivity contribution in [1.29, 1.82) is 0 Å². The van der Waals surface area contributed by atoms with Crippen LogP contribution >= 0.6 is 7.14 Å². The highest BCUT2D eigenvalue weighted by atomic mass is 31.2. The molecule has 2 heteroatoms. The van der Waals surface area contributed by atoms with Crippen LogP contribution in [0.1, 0.15) is 20.8 Å². The van der Waals surface area contributed by atoms with Crippen LogP contribution in [0.15, 0.2) is 12.2 Å². The fourth-order valence-electron chi connectivity index (χ4n) is 0.939. The average molecular weight is 160 g/mol. The van der Waals surface area contributed by atoms with E-state index in [1.54, 1.807) is 0 Å². The molecule has 1 nitrogen and oxygen atoms in total. The minimum absolute atomic E-state index is 0.736. The van der Waals surface area contributed by atoms with E-state index in [-0.39, 0.29) is 0 Å². The van der Waals surface area contributed by atoms with E-state index in [9.17, 15) is 4.57 Å². The zero-order valence-corrected chi connectivity index (χ0v) is 8.08. The molecule has 0 saturated heterocycles. The molecule has 0 fully saturated rings. The van der Waals surface area contributed by atoms with Crippen LogP contribution in [0.25, 0.3) is 0 Å². The molecule has 0 aromatic rings. The van der Waals surface area contributed by atoms with Gasteiger partial charge in [0.05, 0.1) is 7.14 Å². The fourth-order valence-corrected chi connectivity index (χ4v) is 2.82. The zero-order chi connectivity index (χ0) is 8.20. The summed E-state index contributed by atoms with van der Waals surface area (Å²) in [4.78, 5) is 0. The van der Waals surface area contributed by atoms with Gasteiger partial charge >= 0.3 is 0 Å². The van der Waals surface area contributed by atoms with Crippen molar-refractivity contribution in [1.82, 2.24) is 0 Å². The van der Waals surface area contributed by atoms with Crippen molar-refractivity contribution in [3.8, 4) is 0 Å². The molecule has 10 heavy (non-hydrogen) atoms. The normalized spacial score (nSPS) is 11.5. The Morgan fingerprint density at radius 1 is 1.40 bits per heavy atom. The quantitative estimate of drug-likeness (QED) is 0.456. The Hall–Kier alpha value is -0.0300. The highest BCUT2D eigenvalue weighted by molar-refractivity contribution is 7.64. The summed E-state index contributed by atoms with van der Waals surface area (Å²) in [6, 6.07) is 0. The van der Waals surface area contributed by atoms with E-state index < -0.39 is 7.14 Å². The lowest BCUT2D eigenvalue weighted by Crippen LogP contribution is -1.95. The van der Waals surface area contributed by atoms with E-state index in [4.69, 9.17) is 0 Å². The van der Waals surface area contributed by atoms with Crippen molar-refractivity contribution in [3.05, 3.63) is 12.2 Å². The lowest BCUT2D eigenvalue weighted by molar-refractivity contribution is 0.577. The van der Waals surface area contributed by atoms with Gasteiger partial charge in [-0.05, 0) is 19.2 Å². The SMILES string of the molecule is C=C(C)CP(=O)(CC)CC. The number of rotatable bonds is 4. The van der Waals surface area contributed by atoms with Crippen molar-refractivity contribution in [2.45, 2.75) is 20.8 Å². The second kappa shape index (κ2) is 3.98. The first-order valence-electron chi connectivity index (χ1n) is 3.75. The molecular formula is C8H17OP. The highest BCUT2D eigenvalue weighted by Crippen LogP contribution is 2.45. The van der Waals surface area contributed by atoms with Crippen molar-refractivity contribution >= 4 is 7.14 Å². The zero-order valence-electron chi connectivity index (χ0n) is 7.18. The average Bonchev–Trinajstić information content (AvgIpc) is 1.87. The molecule has 0 bridgehead atoms. The monoisotopic (exact) mass is 160 g/mol. The maximum atomic E-state index is 11.7. The Kier molecular flexibility index (Phi) is 3.96. The Labute approximate surface area is 63.9 Å². The second-order valence-electron chi connectivity index (χ2n) is 2.81. The predicted octanol–water partition coefficient (Wildman–Crippen LogP) is 2.97. The Balaban J connectivity index is 4.07. The Morgan fingerprint density at radius 3 is 1.90 bits per heavy atom. The topological polar surface area (TPSA) is 17.1 Å². The molecule has 0 radical (unpaired) electrons. The maximum Gasteiger partial charge on any atom is 0.0910 e. The molecular weight excluding hydrogens is 143 g/mol. The summed E-state index contributed by atoms with van der Waals surface area (Å²) in [6.45, 7) is 9.69. The Bertz CT molecular complexity index is 153. The minimum Gasteiger partial charge on any atom is -0.323 e. The largest absolute Gasteiger partial charge is 0.323 e. The first-order valence-corrected chi connectivity index (χ1v) is 6.02. The van der Waals surface area contributed by atoms with Crippen LogP contribution in [0.2, 0.25) is 0 Å². The molecule has 60 valence electrons. The molecule has 0 aromatic carbocycles. The van der Waals surface area contributed by atoms with E-state index in [1.807, 2.05) is 20.8 Å². The van der Waals surface area contributed by atoms with Gasteiger partial charge in [0.15, 0.2) is 0 Å². The van der Waals surface area contributed by atoms with Crippen molar-refractivity contribution in [2.24, 2.45) is 0 Å². The van der Waals surface area contributed by atoms with Gasteiger partial charge in [0, 0.05) is 6.16 Å². The van der Waals surface area contributed by atoms with E-state index >= 15 is 0 Å². The van der Waals surface area contributed by atoms with Gasteiger partial charge in [-0.2, -0.15) is 0 Å². The van der Waals surface area contributed by atoms with Crippen LogP contribution in [-0.2, 0) is 4.57 Å². The molecule has 0 amide bonds. The van der Waals surface area contributed by atoms with Crippen LogP contribution in [0.5, 0.6) is 0 Å². The van der Waals surface area contributed by atoms with E-state index in [0.29, 0.717) is 0 Å². The number of hydrogen-bond donors (Lipinski definition) is 0. The maximum absolute atomic E-state index is 11.7. The van der Waals surface area contributed by atoms with Crippen LogP contribution < -0.4 is 0 Å². The molecule has 0 rings (SSSR count). The number of allylic oxidation sites excluding steroid dienone is 1. The standard InChI is InChI=1S/C8H17OP/c1-5-10(9,6-2)7-8(3)4/h3,5-7H2,1-2,4H3.